The molecule has 1 unspecified atom stereocenters. The Morgan fingerprint density at radius 3 is 2.03 bits per heavy atom. The first-order valence-corrected chi connectivity index (χ1v) is 11.0. The number of nitrogens with zero attached hydrogens (tertiary/aromatic N) is 1. The largest absolute Gasteiger partial charge is 0.504 e. The van der Waals surface area contributed by atoms with Gasteiger partial charge in [-0.3, -0.25) is 9.59 Å². The van der Waals surface area contributed by atoms with Crippen molar-refractivity contribution >= 4 is 18.0 Å². The normalized spacial score (nSPS) is 12.0. The van der Waals surface area contributed by atoms with Gasteiger partial charge in [0.25, 0.3) is 5.91 Å². The van der Waals surface area contributed by atoms with E-state index in [1.807, 2.05) is 74.5 Å². The molecule has 7 nitrogen and oxygen atoms in total. The number of phenolic OH excluding ortho intramolecular Hbond substituents is 1. The second-order valence-electron chi connectivity index (χ2n) is 8.15. The third-order valence-corrected chi connectivity index (χ3v) is 5.37. The number of ether oxygens (including phenoxy) is 1. The highest BCUT2D eigenvalue weighted by Gasteiger charge is 2.29. The molecule has 0 saturated carbocycles. The van der Waals surface area contributed by atoms with Gasteiger partial charge in [0.2, 0.25) is 5.91 Å². The van der Waals surface area contributed by atoms with Gasteiger partial charge in [-0.05, 0) is 40.8 Å². The monoisotopic (exact) mass is 459 g/mol. The molecule has 0 bridgehead atoms. The fourth-order valence-electron chi connectivity index (χ4n) is 3.57. The van der Waals surface area contributed by atoms with Gasteiger partial charge in [-0.1, -0.05) is 74.5 Å². The first-order chi connectivity index (χ1) is 16.4. The lowest BCUT2D eigenvalue weighted by atomic mass is 9.89. The molecule has 0 aliphatic rings. The summed E-state index contributed by atoms with van der Waals surface area (Å²) in [6.07, 6.45) is 1.44. The Kier molecular flexibility index (Phi) is 8.40. The maximum atomic E-state index is 13.4. The number of carbonyl (C=O) groups excluding carboxylic acids is 2. The highest BCUT2D eigenvalue weighted by molar-refractivity contribution is 5.93. The Bertz CT molecular complexity index is 1090. The third kappa shape index (κ3) is 6.22. The number of hydrogen-bond donors (Lipinski definition) is 3. The van der Waals surface area contributed by atoms with Crippen molar-refractivity contribution in [2.75, 3.05) is 7.11 Å². The summed E-state index contributed by atoms with van der Waals surface area (Å²) in [5, 5.41) is 16.6. The van der Waals surface area contributed by atoms with Crippen molar-refractivity contribution in [3.63, 3.8) is 0 Å². The molecule has 3 aromatic carbocycles. The Balaban J connectivity index is 1.75. The van der Waals surface area contributed by atoms with E-state index in [2.05, 4.69) is 15.8 Å². The van der Waals surface area contributed by atoms with E-state index in [1.165, 1.54) is 19.4 Å². The smallest absolute Gasteiger partial charge is 0.262 e. The summed E-state index contributed by atoms with van der Waals surface area (Å²) >= 11 is 0. The molecule has 0 aromatic heterocycles. The topological polar surface area (TPSA) is 100 Å². The first kappa shape index (κ1) is 24.5. The number of rotatable bonds is 9. The van der Waals surface area contributed by atoms with Crippen molar-refractivity contribution < 1.29 is 19.4 Å². The molecule has 0 saturated heterocycles. The van der Waals surface area contributed by atoms with Crippen LogP contribution in [0.2, 0.25) is 0 Å². The zero-order valence-corrected chi connectivity index (χ0v) is 19.4. The Morgan fingerprint density at radius 1 is 0.912 bits per heavy atom. The maximum Gasteiger partial charge on any atom is 0.262 e. The molecule has 0 aliphatic carbocycles. The molecular formula is C27H29N3O4. The molecule has 0 aliphatic heterocycles. The average Bonchev–Trinajstić information content (AvgIpc) is 2.84. The lowest BCUT2D eigenvalue weighted by molar-refractivity contribution is -0.130. The summed E-state index contributed by atoms with van der Waals surface area (Å²) in [6, 6.07) is 22.9. The standard InChI is InChI=1S/C27H29N3O4/c1-18(2)25(27(33)30-28-17-19-14-15-22(31)23(16-19)34-3)29-26(32)24(20-10-6-4-7-11-20)21-12-8-5-9-13-21/h4-18,24-25,31H,1-3H3,(H,29,32)(H,30,33). The Morgan fingerprint density at radius 2 is 1.50 bits per heavy atom. The quantitative estimate of drug-likeness (QED) is 0.335. The molecule has 3 aromatic rings. The van der Waals surface area contributed by atoms with Gasteiger partial charge in [-0.15, -0.1) is 0 Å². The van der Waals surface area contributed by atoms with Crippen LogP contribution in [0, 0.1) is 5.92 Å². The second-order valence-corrected chi connectivity index (χ2v) is 8.15. The minimum Gasteiger partial charge on any atom is -0.504 e. The molecule has 34 heavy (non-hydrogen) atoms. The highest BCUT2D eigenvalue weighted by Crippen LogP contribution is 2.26. The van der Waals surface area contributed by atoms with Crippen LogP contribution in [0.5, 0.6) is 11.5 Å². The molecule has 2 amide bonds. The lowest BCUT2D eigenvalue weighted by Crippen LogP contribution is -2.50. The molecule has 0 heterocycles. The molecule has 1 atom stereocenters. The van der Waals surface area contributed by atoms with Gasteiger partial charge in [0.15, 0.2) is 11.5 Å². The molecule has 176 valence electrons. The van der Waals surface area contributed by atoms with E-state index >= 15 is 0 Å². The van der Waals surface area contributed by atoms with Gasteiger partial charge < -0.3 is 15.2 Å². The van der Waals surface area contributed by atoms with Crippen molar-refractivity contribution in [3.05, 3.63) is 95.6 Å². The number of benzene rings is 3. The summed E-state index contributed by atoms with van der Waals surface area (Å²) < 4.78 is 5.08. The Labute approximate surface area is 199 Å². The third-order valence-electron chi connectivity index (χ3n) is 5.37. The van der Waals surface area contributed by atoms with E-state index in [4.69, 9.17) is 4.74 Å². The predicted octanol–water partition coefficient (Wildman–Crippen LogP) is 3.82. The summed E-state index contributed by atoms with van der Waals surface area (Å²) in [5.74, 6) is -1.10. The average molecular weight is 460 g/mol. The molecule has 0 radical (unpaired) electrons. The summed E-state index contributed by atoms with van der Waals surface area (Å²) in [6.45, 7) is 3.72. The van der Waals surface area contributed by atoms with Crippen LogP contribution < -0.4 is 15.5 Å². The first-order valence-electron chi connectivity index (χ1n) is 11.0. The zero-order valence-electron chi connectivity index (χ0n) is 19.4. The minimum atomic E-state index is -0.783. The number of hydrazone groups is 1. The van der Waals surface area contributed by atoms with Gasteiger partial charge in [0.05, 0.1) is 19.2 Å². The van der Waals surface area contributed by atoms with Crippen molar-refractivity contribution in [1.82, 2.24) is 10.7 Å². The molecule has 3 N–H and O–H groups in total. The van der Waals surface area contributed by atoms with Crippen LogP contribution in [0.3, 0.4) is 0 Å². The van der Waals surface area contributed by atoms with Crippen LogP contribution in [-0.4, -0.2) is 36.3 Å². The van der Waals surface area contributed by atoms with E-state index in [0.717, 1.165) is 11.1 Å². The number of carbonyl (C=O) groups is 2. The maximum absolute atomic E-state index is 13.4. The van der Waals surface area contributed by atoms with Gasteiger partial charge in [-0.25, -0.2) is 5.43 Å². The number of amides is 2. The van der Waals surface area contributed by atoms with Crippen LogP contribution in [0.15, 0.2) is 84.0 Å². The number of aromatic hydroxyl groups is 1. The van der Waals surface area contributed by atoms with Crippen LogP contribution in [0.4, 0.5) is 0 Å². The van der Waals surface area contributed by atoms with E-state index in [-0.39, 0.29) is 17.6 Å². The van der Waals surface area contributed by atoms with E-state index in [9.17, 15) is 14.7 Å². The molecule has 0 fully saturated rings. The SMILES string of the molecule is COc1cc(C=NNC(=O)C(NC(=O)C(c2ccccc2)c2ccccc2)C(C)C)ccc1O. The number of phenols is 1. The fraction of sp³-hybridized carbons (Fsp3) is 0.222. The number of hydrogen-bond acceptors (Lipinski definition) is 5. The van der Waals surface area contributed by atoms with E-state index < -0.39 is 17.9 Å². The van der Waals surface area contributed by atoms with Crippen LogP contribution in [0.1, 0.15) is 36.5 Å². The fourth-order valence-corrected chi connectivity index (χ4v) is 3.57. The highest BCUT2D eigenvalue weighted by atomic mass is 16.5. The van der Waals surface area contributed by atoms with Crippen LogP contribution >= 0.6 is 0 Å². The van der Waals surface area contributed by atoms with Crippen LogP contribution in [-0.2, 0) is 9.59 Å². The van der Waals surface area contributed by atoms with Crippen molar-refractivity contribution in [3.8, 4) is 11.5 Å². The zero-order chi connectivity index (χ0) is 24.5. The molecule has 7 heteroatoms. The second kappa shape index (κ2) is 11.7. The van der Waals surface area contributed by atoms with Crippen molar-refractivity contribution in [1.29, 1.82) is 0 Å². The molecular weight excluding hydrogens is 430 g/mol. The van der Waals surface area contributed by atoms with E-state index in [1.54, 1.807) is 12.1 Å². The minimum absolute atomic E-state index is 0.0117. The Hall–Kier alpha value is -4.13. The summed E-state index contributed by atoms with van der Waals surface area (Å²) in [5.41, 5.74) is 4.82. The van der Waals surface area contributed by atoms with Gasteiger partial charge >= 0.3 is 0 Å². The molecule has 3 rings (SSSR count). The molecule has 0 spiro atoms. The number of nitrogens with one attached hydrogen (secondary N) is 2. The summed E-state index contributed by atoms with van der Waals surface area (Å²) in [4.78, 5) is 26.3. The van der Waals surface area contributed by atoms with Gasteiger partial charge in [0, 0.05) is 0 Å². The van der Waals surface area contributed by atoms with Crippen molar-refractivity contribution in [2.45, 2.75) is 25.8 Å². The predicted molar refractivity (Wildman–Crippen MR) is 132 cm³/mol. The van der Waals surface area contributed by atoms with Gasteiger partial charge in [-0.2, -0.15) is 5.10 Å². The number of methoxy groups -OCH3 is 1. The lowest BCUT2D eigenvalue weighted by Gasteiger charge is -2.24. The van der Waals surface area contributed by atoms with E-state index in [0.29, 0.717) is 11.3 Å². The summed E-state index contributed by atoms with van der Waals surface area (Å²) in [7, 11) is 1.45. The van der Waals surface area contributed by atoms with Crippen molar-refractivity contribution in [2.24, 2.45) is 11.0 Å². The van der Waals surface area contributed by atoms with Crippen LogP contribution in [0.25, 0.3) is 0 Å². The van der Waals surface area contributed by atoms with Gasteiger partial charge in [0.1, 0.15) is 6.04 Å².